The molecule has 20 heavy (non-hydrogen) atoms. The van der Waals surface area contributed by atoms with Crippen LogP contribution >= 0.6 is 27.3 Å². The minimum Gasteiger partial charge on any atom is -0.134 e. The van der Waals surface area contributed by atoms with Crippen LogP contribution in [0.15, 0.2) is 59.1 Å². The van der Waals surface area contributed by atoms with Gasteiger partial charge in [-0.3, -0.25) is 0 Å². The predicted octanol–water partition coefficient (Wildman–Crippen LogP) is 6.56. The van der Waals surface area contributed by atoms with Gasteiger partial charge >= 0.3 is 0 Å². The van der Waals surface area contributed by atoms with Gasteiger partial charge in [0.2, 0.25) is 0 Å². The van der Waals surface area contributed by atoms with Crippen molar-refractivity contribution >= 4 is 69.0 Å². The average molecular weight is 337 g/mol. The van der Waals surface area contributed by atoms with Gasteiger partial charge in [0.1, 0.15) is 0 Å². The minimum absolute atomic E-state index is 1.20. The molecule has 0 bridgehead atoms. The first-order chi connectivity index (χ1) is 9.84. The number of benzene rings is 4. The maximum absolute atomic E-state index is 3.71. The molecule has 94 valence electrons. The van der Waals surface area contributed by atoms with Crippen LogP contribution in [-0.4, -0.2) is 0 Å². The van der Waals surface area contributed by atoms with Crippen molar-refractivity contribution in [2.24, 2.45) is 0 Å². The third-order valence-corrected chi connectivity index (χ3v) is 6.22. The molecule has 5 aromatic rings. The molecule has 5 rings (SSSR count). The molecule has 0 aliphatic rings. The number of fused-ring (bicyclic) bond motifs is 3. The van der Waals surface area contributed by atoms with Crippen LogP contribution < -0.4 is 0 Å². The lowest BCUT2D eigenvalue weighted by Crippen LogP contribution is -1.81. The number of rotatable bonds is 0. The Morgan fingerprint density at radius 3 is 2.15 bits per heavy atom. The van der Waals surface area contributed by atoms with Crippen molar-refractivity contribution in [3.8, 4) is 0 Å². The zero-order valence-corrected chi connectivity index (χ0v) is 12.9. The lowest BCUT2D eigenvalue weighted by Gasteiger charge is -2.09. The average Bonchev–Trinajstić information content (AvgIpc) is 2.89. The van der Waals surface area contributed by atoms with Gasteiger partial charge in [0.15, 0.2) is 0 Å². The van der Waals surface area contributed by atoms with Gasteiger partial charge in [0.25, 0.3) is 0 Å². The third-order valence-electron chi connectivity index (χ3n) is 4.11. The number of halogens is 1. The smallest absolute Gasteiger partial charge is 0.0503 e. The maximum atomic E-state index is 3.71. The highest BCUT2D eigenvalue weighted by Crippen LogP contribution is 2.46. The van der Waals surface area contributed by atoms with Crippen molar-refractivity contribution < 1.29 is 0 Å². The summed E-state index contributed by atoms with van der Waals surface area (Å²) in [6, 6.07) is 19.8. The van der Waals surface area contributed by atoms with Crippen LogP contribution in [0.4, 0.5) is 0 Å². The van der Waals surface area contributed by atoms with Crippen molar-refractivity contribution in [3.63, 3.8) is 0 Å². The van der Waals surface area contributed by atoms with Crippen molar-refractivity contribution in [3.05, 3.63) is 59.1 Å². The largest absolute Gasteiger partial charge is 0.134 e. The summed E-state index contributed by atoms with van der Waals surface area (Å²) in [5.74, 6) is 0. The molecule has 0 aliphatic heterocycles. The van der Waals surface area contributed by atoms with Crippen LogP contribution in [0.25, 0.3) is 41.7 Å². The number of thiophene rings is 1. The lowest BCUT2D eigenvalue weighted by atomic mass is 9.94. The van der Waals surface area contributed by atoms with Gasteiger partial charge in [-0.15, -0.1) is 11.3 Å². The van der Waals surface area contributed by atoms with E-state index in [1.54, 1.807) is 0 Å². The molecule has 0 atom stereocenters. The van der Waals surface area contributed by atoms with Crippen molar-refractivity contribution in [1.29, 1.82) is 0 Å². The topological polar surface area (TPSA) is 0 Å². The van der Waals surface area contributed by atoms with E-state index in [0.29, 0.717) is 0 Å². The molecule has 0 aliphatic carbocycles. The Labute approximate surface area is 128 Å². The van der Waals surface area contributed by atoms with Crippen molar-refractivity contribution in [2.75, 3.05) is 0 Å². The van der Waals surface area contributed by atoms with Gasteiger partial charge in [-0.2, -0.15) is 0 Å². The van der Waals surface area contributed by atoms with Crippen LogP contribution in [0.1, 0.15) is 0 Å². The second-order valence-electron chi connectivity index (χ2n) is 5.13. The highest BCUT2D eigenvalue weighted by Gasteiger charge is 2.16. The Morgan fingerprint density at radius 2 is 1.35 bits per heavy atom. The molecular weight excluding hydrogens is 328 g/mol. The zero-order valence-electron chi connectivity index (χ0n) is 10.5. The van der Waals surface area contributed by atoms with Crippen LogP contribution in [0.5, 0.6) is 0 Å². The van der Waals surface area contributed by atoms with E-state index in [9.17, 15) is 0 Å². The maximum Gasteiger partial charge on any atom is 0.0503 e. The molecule has 1 aromatic heterocycles. The summed E-state index contributed by atoms with van der Waals surface area (Å²) >= 11 is 5.59. The van der Waals surface area contributed by atoms with Crippen LogP contribution in [0, 0.1) is 0 Å². The Morgan fingerprint density at radius 1 is 0.650 bits per heavy atom. The van der Waals surface area contributed by atoms with Gasteiger partial charge in [0, 0.05) is 19.9 Å². The molecule has 0 saturated heterocycles. The van der Waals surface area contributed by atoms with Crippen LogP contribution in [-0.2, 0) is 0 Å². The molecule has 0 unspecified atom stereocenters. The Bertz CT molecular complexity index is 1100. The molecule has 1 heterocycles. The first-order valence-electron chi connectivity index (χ1n) is 6.58. The van der Waals surface area contributed by atoms with Gasteiger partial charge in [-0.05, 0) is 49.6 Å². The molecule has 0 radical (unpaired) electrons. The summed E-state index contributed by atoms with van der Waals surface area (Å²) < 4.78 is 3.93. The summed E-state index contributed by atoms with van der Waals surface area (Å²) in [6.45, 7) is 0. The normalized spacial score (nSPS) is 12.2. The van der Waals surface area contributed by atoms with E-state index in [2.05, 4.69) is 70.5 Å². The summed E-state index contributed by atoms with van der Waals surface area (Å²) in [5, 5.41) is 8.27. The van der Waals surface area contributed by atoms with E-state index in [4.69, 9.17) is 0 Å². The molecule has 0 amide bonds. The van der Waals surface area contributed by atoms with Crippen molar-refractivity contribution in [1.82, 2.24) is 0 Å². The highest BCUT2D eigenvalue weighted by molar-refractivity contribution is 9.10. The molecule has 0 N–H and O–H groups in total. The zero-order chi connectivity index (χ0) is 13.3. The van der Waals surface area contributed by atoms with Gasteiger partial charge in [0.05, 0.1) is 4.70 Å². The third kappa shape index (κ3) is 1.22. The fourth-order valence-electron chi connectivity index (χ4n) is 3.29. The predicted molar refractivity (Wildman–Crippen MR) is 93.2 cm³/mol. The van der Waals surface area contributed by atoms with E-state index >= 15 is 0 Å². The Balaban J connectivity index is 2.32. The Kier molecular flexibility index (Phi) is 2.06. The summed E-state index contributed by atoms with van der Waals surface area (Å²) in [5.41, 5.74) is 0. The number of hydrogen-bond acceptors (Lipinski definition) is 1. The SMILES string of the molecule is Brc1ccc2c3ccccc3c3cccc4sc1c2c43. The lowest BCUT2D eigenvalue weighted by molar-refractivity contribution is 1.80. The summed E-state index contributed by atoms with van der Waals surface area (Å²) in [7, 11) is 0. The first kappa shape index (κ1) is 11.1. The quantitative estimate of drug-likeness (QED) is 0.281. The van der Waals surface area contributed by atoms with Crippen LogP contribution in [0.2, 0.25) is 0 Å². The fourth-order valence-corrected chi connectivity index (χ4v) is 5.02. The monoisotopic (exact) mass is 336 g/mol. The molecule has 0 saturated carbocycles. The van der Waals surface area contributed by atoms with E-state index in [1.165, 1.54) is 46.2 Å². The molecule has 4 aromatic carbocycles. The van der Waals surface area contributed by atoms with E-state index in [1.807, 2.05) is 11.3 Å². The molecule has 0 spiro atoms. The molecule has 0 fully saturated rings. The second-order valence-corrected chi connectivity index (χ2v) is 7.03. The van der Waals surface area contributed by atoms with Crippen molar-refractivity contribution in [2.45, 2.75) is 0 Å². The van der Waals surface area contributed by atoms with Gasteiger partial charge < -0.3 is 0 Å². The van der Waals surface area contributed by atoms with E-state index in [0.717, 1.165) is 0 Å². The first-order valence-corrected chi connectivity index (χ1v) is 8.19. The molecule has 2 heteroatoms. The van der Waals surface area contributed by atoms with Crippen LogP contribution in [0.3, 0.4) is 0 Å². The fraction of sp³-hybridized carbons (Fsp3) is 0. The Hall–Kier alpha value is -1.64. The molecular formula is C18H9BrS. The second kappa shape index (κ2) is 3.72. The van der Waals surface area contributed by atoms with E-state index < -0.39 is 0 Å². The van der Waals surface area contributed by atoms with E-state index in [-0.39, 0.29) is 0 Å². The summed E-state index contributed by atoms with van der Waals surface area (Å²) in [4.78, 5) is 0. The molecule has 0 nitrogen and oxygen atoms in total. The summed E-state index contributed by atoms with van der Waals surface area (Å²) in [6.07, 6.45) is 0. The van der Waals surface area contributed by atoms with Gasteiger partial charge in [-0.25, -0.2) is 0 Å². The standard InChI is InChI=1S/C18H9BrS/c19-14-9-8-13-11-5-2-1-4-10(11)12-6-3-7-15-16(12)17(13)18(14)20-15/h1-9H. The number of hydrogen-bond donors (Lipinski definition) is 0. The minimum atomic E-state index is 1.20. The highest BCUT2D eigenvalue weighted by atomic mass is 79.9. The van der Waals surface area contributed by atoms with Gasteiger partial charge in [-0.1, -0.05) is 42.5 Å².